The summed E-state index contributed by atoms with van der Waals surface area (Å²) >= 11 is 0. The molecule has 4 heterocycles. The van der Waals surface area contributed by atoms with Crippen molar-refractivity contribution in [1.29, 1.82) is 0 Å². The summed E-state index contributed by atoms with van der Waals surface area (Å²) in [7, 11) is 0. The van der Waals surface area contributed by atoms with Crippen molar-refractivity contribution in [3.8, 4) is 11.4 Å². The third-order valence-corrected chi connectivity index (χ3v) is 4.64. The average Bonchev–Trinajstić information content (AvgIpc) is 3.22. The van der Waals surface area contributed by atoms with Gasteiger partial charge in [-0.15, -0.1) is 0 Å². The summed E-state index contributed by atoms with van der Waals surface area (Å²) in [6.07, 6.45) is 9.38. The Hall–Kier alpha value is -2.67. The fourth-order valence-corrected chi connectivity index (χ4v) is 3.48. The Balaban J connectivity index is 1.62. The monoisotopic (exact) mass is 336 g/mol. The highest BCUT2D eigenvalue weighted by Gasteiger charge is 2.28. The smallest absolute Gasteiger partial charge is 0.164 e. The van der Waals surface area contributed by atoms with Crippen LogP contribution in [0.3, 0.4) is 0 Å². The SMILES string of the molecule is Cc1noc(C)c1-c1nccc([C@H]2CCCN2Cc2cncnc2)n1. The maximum Gasteiger partial charge on any atom is 0.164 e. The largest absolute Gasteiger partial charge is 0.361 e. The molecule has 0 aliphatic carbocycles. The van der Waals surface area contributed by atoms with Gasteiger partial charge in [0, 0.05) is 30.7 Å². The Kier molecular flexibility index (Phi) is 4.23. The Morgan fingerprint density at radius 2 is 2.08 bits per heavy atom. The van der Waals surface area contributed by atoms with Crippen molar-refractivity contribution < 1.29 is 4.52 Å². The highest BCUT2D eigenvalue weighted by molar-refractivity contribution is 5.59. The molecule has 25 heavy (non-hydrogen) atoms. The summed E-state index contributed by atoms with van der Waals surface area (Å²) in [5.74, 6) is 1.43. The molecule has 4 rings (SSSR count). The Morgan fingerprint density at radius 3 is 2.84 bits per heavy atom. The van der Waals surface area contributed by atoms with Crippen LogP contribution in [0, 0.1) is 13.8 Å². The van der Waals surface area contributed by atoms with Gasteiger partial charge in [0.15, 0.2) is 5.82 Å². The first-order valence-electron chi connectivity index (χ1n) is 8.46. The van der Waals surface area contributed by atoms with Crippen molar-refractivity contribution in [3.63, 3.8) is 0 Å². The molecule has 0 unspecified atom stereocenters. The number of hydrogen-bond acceptors (Lipinski definition) is 7. The number of rotatable bonds is 4. The molecule has 0 spiro atoms. The zero-order chi connectivity index (χ0) is 17.2. The third-order valence-electron chi connectivity index (χ3n) is 4.64. The molecule has 3 aromatic heterocycles. The Morgan fingerprint density at radius 1 is 1.24 bits per heavy atom. The number of aryl methyl sites for hydroxylation is 2. The maximum absolute atomic E-state index is 5.26. The van der Waals surface area contributed by atoms with Crippen molar-refractivity contribution in [2.45, 2.75) is 39.3 Å². The lowest BCUT2D eigenvalue weighted by Crippen LogP contribution is -2.23. The number of nitrogens with zero attached hydrogens (tertiary/aromatic N) is 6. The molecule has 1 atom stereocenters. The van der Waals surface area contributed by atoms with Crippen LogP contribution in [0.1, 0.15) is 41.6 Å². The van der Waals surface area contributed by atoms with E-state index in [4.69, 9.17) is 9.51 Å². The van der Waals surface area contributed by atoms with Gasteiger partial charge < -0.3 is 4.52 Å². The van der Waals surface area contributed by atoms with Gasteiger partial charge in [0.1, 0.15) is 12.1 Å². The van der Waals surface area contributed by atoms with Crippen LogP contribution in [-0.4, -0.2) is 36.5 Å². The van der Waals surface area contributed by atoms with E-state index in [0.29, 0.717) is 5.82 Å². The molecule has 1 fully saturated rings. The van der Waals surface area contributed by atoms with Crippen molar-refractivity contribution >= 4 is 0 Å². The first kappa shape index (κ1) is 15.8. The first-order chi connectivity index (χ1) is 12.2. The third kappa shape index (κ3) is 3.15. The van der Waals surface area contributed by atoms with Crippen LogP contribution in [0.15, 0.2) is 35.5 Å². The van der Waals surface area contributed by atoms with E-state index in [1.54, 1.807) is 6.33 Å². The van der Waals surface area contributed by atoms with Crippen molar-refractivity contribution in [2.75, 3.05) is 6.54 Å². The van der Waals surface area contributed by atoms with E-state index < -0.39 is 0 Å². The summed E-state index contributed by atoms with van der Waals surface area (Å²) in [5, 5.41) is 4.01. The zero-order valence-corrected chi connectivity index (χ0v) is 14.4. The van der Waals surface area contributed by atoms with E-state index in [1.165, 1.54) is 0 Å². The zero-order valence-electron chi connectivity index (χ0n) is 14.4. The second-order valence-electron chi connectivity index (χ2n) is 6.38. The van der Waals surface area contributed by atoms with Gasteiger partial charge in [-0.3, -0.25) is 4.90 Å². The molecule has 3 aromatic rings. The summed E-state index contributed by atoms with van der Waals surface area (Å²) in [4.78, 5) is 19.9. The molecular formula is C18H20N6O. The Labute approximate surface area is 146 Å². The minimum atomic E-state index is 0.280. The second kappa shape index (κ2) is 6.68. The minimum Gasteiger partial charge on any atom is -0.361 e. The standard InChI is InChI=1S/C18H20N6O/c1-12-17(13(2)25-23-12)18-21-6-5-15(22-18)16-4-3-7-24(16)10-14-8-19-11-20-9-14/h5-6,8-9,11,16H,3-4,7,10H2,1-2H3/t16-/m1/s1. The molecule has 1 aliphatic heterocycles. The van der Waals surface area contributed by atoms with E-state index in [1.807, 2.05) is 38.5 Å². The number of likely N-dealkylation sites (tertiary alicyclic amines) is 1. The van der Waals surface area contributed by atoms with Crippen LogP contribution < -0.4 is 0 Å². The van der Waals surface area contributed by atoms with Crippen LogP contribution >= 0.6 is 0 Å². The molecule has 0 aromatic carbocycles. The second-order valence-corrected chi connectivity index (χ2v) is 6.38. The molecule has 128 valence electrons. The summed E-state index contributed by atoms with van der Waals surface area (Å²) < 4.78 is 5.26. The van der Waals surface area contributed by atoms with Gasteiger partial charge in [-0.05, 0) is 39.3 Å². The fraction of sp³-hybridized carbons (Fsp3) is 0.389. The predicted octanol–water partition coefficient (Wildman–Crippen LogP) is 2.88. The van der Waals surface area contributed by atoms with Crippen molar-refractivity contribution in [1.82, 2.24) is 30.0 Å². The number of hydrogen-bond donors (Lipinski definition) is 0. The maximum atomic E-state index is 5.26. The van der Waals surface area contributed by atoms with Gasteiger partial charge in [0.25, 0.3) is 0 Å². The summed E-state index contributed by atoms with van der Waals surface area (Å²) in [6.45, 7) is 5.68. The number of aromatic nitrogens is 5. The lowest BCUT2D eigenvalue weighted by molar-refractivity contribution is 0.244. The van der Waals surface area contributed by atoms with Gasteiger partial charge >= 0.3 is 0 Å². The molecule has 0 bridgehead atoms. The van der Waals surface area contributed by atoms with Gasteiger partial charge in [-0.1, -0.05) is 5.16 Å². The highest BCUT2D eigenvalue weighted by Crippen LogP contribution is 2.33. The first-order valence-corrected chi connectivity index (χ1v) is 8.46. The average molecular weight is 336 g/mol. The van der Waals surface area contributed by atoms with Crippen LogP contribution in [-0.2, 0) is 6.54 Å². The molecule has 1 aliphatic rings. The molecule has 7 heteroatoms. The molecular weight excluding hydrogens is 316 g/mol. The molecule has 0 radical (unpaired) electrons. The van der Waals surface area contributed by atoms with Gasteiger partial charge in [-0.2, -0.15) is 0 Å². The van der Waals surface area contributed by atoms with E-state index in [0.717, 1.165) is 54.2 Å². The molecule has 1 saturated heterocycles. The van der Waals surface area contributed by atoms with Crippen molar-refractivity contribution in [2.24, 2.45) is 0 Å². The highest BCUT2D eigenvalue weighted by atomic mass is 16.5. The normalized spacial score (nSPS) is 17.9. The summed E-state index contributed by atoms with van der Waals surface area (Å²) in [5.41, 5.74) is 3.87. The lowest BCUT2D eigenvalue weighted by atomic mass is 10.1. The van der Waals surface area contributed by atoms with E-state index in [-0.39, 0.29) is 6.04 Å². The van der Waals surface area contributed by atoms with Crippen LogP contribution in [0.5, 0.6) is 0 Å². The van der Waals surface area contributed by atoms with E-state index in [9.17, 15) is 0 Å². The molecule has 0 saturated carbocycles. The lowest BCUT2D eigenvalue weighted by Gasteiger charge is -2.24. The van der Waals surface area contributed by atoms with E-state index >= 15 is 0 Å². The summed E-state index contributed by atoms with van der Waals surface area (Å²) in [6, 6.07) is 2.29. The molecule has 0 N–H and O–H groups in total. The predicted molar refractivity (Wildman–Crippen MR) is 91.4 cm³/mol. The van der Waals surface area contributed by atoms with Crippen LogP contribution in [0.2, 0.25) is 0 Å². The topological polar surface area (TPSA) is 80.8 Å². The van der Waals surface area contributed by atoms with Gasteiger partial charge in [0.2, 0.25) is 0 Å². The van der Waals surface area contributed by atoms with E-state index in [2.05, 4.69) is 25.0 Å². The fourth-order valence-electron chi connectivity index (χ4n) is 3.48. The quantitative estimate of drug-likeness (QED) is 0.724. The van der Waals surface area contributed by atoms with Gasteiger partial charge in [0.05, 0.1) is 23.0 Å². The van der Waals surface area contributed by atoms with Crippen LogP contribution in [0.4, 0.5) is 0 Å². The Bertz CT molecular complexity index is 844. The van der Waals surface area contributed by atoms with Gasteiger partial charge in [-0.25, -0.2) is 19.9 Å². The minimum absolute atomic E-state index is 0.280. The van der Waals surface area contributed by atoms with Crippen LogP contribution in [0.25, 0.3) is 11.4 Å². The molecule has 0 amide bonds. The van der Waals surface area contributed by atoms with Crippen molar-refractivity contribution in [3.05, 3.63) is 53.7 Å². The molecule has 7 nitrogen and oxygen atoms in total.